The van der Waals surface area contributed by atoms with E-state index in [0.717, 1.165) is 6.26 Å². The second-order valence-corrected chi connectivity index (χ2v) is 5.22. The van der Waals surface area contributed by atoms with Gasteiger partial charge in [-0.2, -0.15) is 0 Å². The zero-order valence-corrected chi connectivity index (χ0v) is 8.56. The molecule has 0 radical (unpaired) electrons. The van der Waals surface area contributed by atoms with Crippen LogP contribution in [0, 0.1) is 0 Å². The molecule has 6 heteroatoms. The lowest BCUT2D eigenvalue weighted by Gasteiger charge is -2.35. The van der Waals surface area contributed by atoms with Gasteiger partial charge in [-0.3, -0.25) is 0 Å². The van der Waals surface area contributed by atoms with Crippen molar-refractivity contribution in [2.24, 2.45) is 5.73 Å². The smallest absolute Gasteiger partial charge is 0.209 e. The van der Waals surface area contributed by atoms with Crippen molar-refractivity contribution in [1.82, 2.24) is 4.72 Å². The first-order valence-corrected chi connectivity index (χ1v) is 6.13. The maximum absolute atomic E-state index is 11.1. The van der Waals surface area contributed by atoms with Gasteiger partial charge in [0.2, 0.25) is 10.0 Å². The topological polar surface area (TPSA) is 81.4 Å². The highest BCUT2D eigenvalue weighted by Crippen LogP contribution is 2.19. The predicted molar refractivity (Wildman–Crippen MR) is 49.8 cm³/mol. The molecule has 0 aromatic carbocycles. The van der Waals surface area contributed by atoms with Crippen LogP contribution >= 0.6 is 0 Å². The second kappa shape index (κ2) is 3.91. The number of hydrogen-bond donors (Lipinski definition) is 2. The first-order chi connectivity index (χ1) is 5.97. The number of nitrogens with one attached hydrogen (secondary N) is 1. The second-order valence-electron chi connectivity index (χ2n) is 3.47. The molecule has 13 heavy (non-hydrogen) atoms. The molecule has 0 saturated carbocycles. The van der Waals surface area contributed by atoms with Gasteiger partial charge in [0.05, 0.1) is 6.26 Å². The molecule has 0 aromatic rings. The minimum Gasteiger partial charge on any atom is -0.381 e. The van der Waals surface area contributed by atoms with Crippen molar-refractivity contribution >= 4 is 10.0 Å². The molecule has 0 atom stereocenters. The molecule has 3 N–H and O–H groups in total. The Labute approximate surface area is 78.7 Å². The summed E-state index contributed by atoms with van der Waals surface area (Å²) in [6, 6.07) is 0. The molecular formula is C7H16N2O3S. The molecule has 1 fully saturated rings. The number of hydrogen-bond acceptors (Lipinski definition) is 4. The molecular weight excluding hydrogens is 192 g/mol. The summed E-state index contributed by atoms with van der Waals surface area (Å²) in [5.74, 6) is 0. The van der Waals surface area contributed by atoms with Crippen molar-refractivity contribution < 1.29 is 13.2 Å². The number of nitrogens with two attached hydrogens (primary N) is 1. The normalized spacial score (nSPS) is 22.9. The fourth-order valence-electron chi connectivity index (χ4n) is 1.50. The van der Waals surface area contributed by atoms with Crippen LogP contribution in [-0.2, 0) is 14.8 Å². The Morgan fingerprint density at radius 3 is 2.38 bits per heavy atom. The highest BCUT2D eigenvalue weighted by Gasteiger charge is 2.33. The van der Waals surface area contributed by atoms with Gasteiger partial charge in [-0.1, -0.05) is 0 Å². The van der Waals surface area contributed by atoms with Gasteiger partial charge in [-0.05, 0) is 12.8 Å². The van der Waals surface area contributed by atoms with Gasteiger partial charge in [-0.25, -0.2) is 13.1 Å². The molecule has 0 amide bonds. The summed E-state index contributed by atoms with van der Waals surface area (Å²) in [7, 11) is -3.18. The average molecular weight is 208 g/mol. The third-order valence-electron chi connectivity index (χ3n) is 2.24. The molecule has 0 spiro atoms. The molecule has 0 aromatic heterocycles. The zero-order valence-electron chi connectivity index (χ0n) is 7.75. The Morgan fingerprint density at radius 1 is 1.46 bits per heavy atom. The summed E-state index contributed by atoms with van der Waals surface area (Å²) >= 11 is 0. The largest absolute Gasteiger partial charge is 0.381 e. The van der Waals surface area contributed by atoms with Crippen molar-refractivity contribution in [1.29, 1.82) is 0 Å². The van der Waals surface area contributed by atoms with Crippen LogP contribution in [0.4, 0.5) is 0 Å². The van der Waals surface area contributed by atoms with Crippen LogP contribution in [0.2, 0.25) is 0 Å². The van der Waals surface area contributed by atoms with Crippen LogP contribution in [0.5, 0.6) is 0 Å². The fraction of sp³-hybridized carbons (Fsp3) is 1.00. The van der Waals surface area contributed by atoms with Crippen molar-refractivity contribution in [3.8, 4) is 0 Å². The van der Waals surface area contributed by atoms with Gasteiger partial charge in [0.25, 0.3) is 0 Å². The standard InChI is InChI=1S/C7H16N2O3S/c1-13(10,11)9-7(6-8)2-4-12-5-3-7/h9H,2-6,8H2,1H3. The van der Waals surface area contributed by atoms with Crippen LogP contribution in [0.1, 0.15) is 12.8 Å². The summed E-state index contributed by atoms with van der Waals surface area (Å²) < 4.78 is 29.9. The molecule has 1 saturated heterocycles. The van der Waals surface area contributed by atoms with E-state index in [4.69, 9.17) is 10.5 Å². The SMILES string of the molecule is CS(=O)(=O)NC1(CN)CCOCC1. The molecule has 5 nitrogen and oxygen atoms in total. The van der Waals surface area contributed by atoms with Gasteiger partial charge >= 0.3 is 0 Å². The molecule has 0 bridgehead atoms. The highest BCUT2D eigenvalue weighted by atomic mass is 32.2. The van der Waals surface area contributed by atoms with Gasteiger partial charge in [0, 0.05) is 25.3 Å². The average Bonchev–Trinajstić information content (AvgIpc) is 2.03. The Balaban J connectivity index is 2.68. The van der Waals surface area contributed by atoms with E-state index in [1.165, 1.54) is 0 Å². The quantitative estimate of drug-likeness (QED) is 0.626. The molecule has 1 rings (SSSR count). The number of ether oxygens (including phenoxy) is 1. The van der Waals surface area contributed by atoms with Gasteiger partial charge < -0.3 is 10.5 Å². The zero-order chi connectivity index (χ0) is 9.95. The van der Waals surface area contributed by atoms with Crippen molar-refractivity contribution in [3.05, 3.63) is 0 Å². The first kappa shape index (κ1) is 10.9. The number of rotatable bonds is 3. The Hall–Kier alpha value is -0.170. The van der Waals surface area contributed by atoms with E-state index in [1.807, 2.05) is 0 Å². The molecule has 0 unspecified atom stereocenters. The van der Waals surface area contributed by atoms with Crippen molar-refractivity contribution in [3.63, 3.8) is 0 Å². The summed E-state index contributed by atoms with van der Waals surface area (Å²) in [6.45, 7) is 1.46. The fourth-order valence-corrected chi connectivity index (χ4v) is 2.58. The third kappa shape index (κ3) is 3.22. The maximum atomic E-state index is 11.1. The van der Waals surface area contributed by atoms with E-state index < -0.39 is 15.6 Å². The van der Waals surface area contributed by atoms with E-state index in [0.29, 0.717) is 32.6 Å². The summed E-state index contributed by atoms with van der Waals surface area (Å²) in [5, 5.41) is 0. The van der Waals surface area contributed by atoms with Gasteiger partial charge in [0.1, 0.15) is 0 Å². The van der Waals surface area contributed by atoms with Crippen LogP contribution in [0.25, 0.3) is 0 Å². The predicted octanol–water partition coefficient (Wildman–Crippen LogP) is -0.956. The maximum Gasteiger partial charge on any atom is 0.209 e. The Morgan fingerprint density at radius 2 is 2.00 bits per heavy atom. The molecule has 1 heterocycles. The van der Waals surface area contributed by atoms with Crippen LogP contribution in [0.15, 0.2) is 0 Å². The van der Waals surface area contributed by atoms with E-state index in [1.54, 1.807) is 0 Å². The Bertz CT molecular complexity index is 257. The molecule has 78 valence electrons. The first-order valence-electron chi connectivity index (χ1n) is 4.24. The summed E-state index contributed by atoms with van der Waals surface area (Å²) in [5.41, 5.74) is 5.08. The summed E-state index contributed by atoms with van der Waals surface area (Å²) in [4.78, 5) is 0. The highest BCUT2D eigenvalue weighted by molar-refractivity contribution is 7.88. The monoisotopic (exact) mass is 208 g/mol. The van der Waals surface area contributed by atoms with Crippen LogP contribution in [-0.4, -0.2) is 40.0 Å². The lowest BCUT2D eigenvalue weighted by molar-refractivity contribution is 0.0502. The molecule has 0 aliphatic carbocycles. The van der Waals surface area contributed by atoms with Crippen molar-refractivity contribution in [2.75, 3.05) is 26.0 Å². The van der Waals surface area contributed by atoms with E-state index >= 15 is 0 Å². The Kier molecular flexibility index (Phi) is 3.28. The van der Waals surface area contributed by atoms with Gasteiger partial charge in [0.15, 0.2) is 0 Å². The lowest BCUT2D eigenvalue weighted by atomic mass is 9.92. The van der Waals surface area contributed by atoms with Crippen LogP contribution < -0.4 is 10.5 Å². The van der Waals surface area contributed by atoms with Crippen molar-refractivity contribution in [2.45, 2.75) is 18.4 Å². The number of sulfonamides is 1. The summed E-state index contributed by atoms with van der Waals surface area (Å²) in [6.07, 6.45) is 2.45. The van der Waals surface area contributed by atoms with E-state index in [2.05, 4.69) is 4.72 Å². The van der Waals surface area contributed by atoms with E-state index in [9.17, 15) is 8.42 Å². The van der Waals surface area contributed by atoms with Crippen LogP contribution in [0.3, 0.4) is 0 Å². The lowest BCUT2D eigenvalue weighted by Crippen LogP contribution is -2.56. The minimum atomic E-state index is -3.18. The minimum absolute atomic E-state index is 0.323. The van der Waals surface area contributed by atoms with Gasteiger partial charge in [-0.15, -0.1) is 0 Å². The third-order valence-corrected chi connectivity index (χ3v) is 3.05. The molecule has 1 aliphatic rings. The van der Waals surface area contributed by atoms with E-state index in [-0.39, 0.29) is 0 Å². The molecule has 1 aliphatic heterocycles.